The third-order valence-corrected chi connectivity index (χ3v) is 3.88. The highest BCUT2D eigenvalue weighted by atomic mass is 35.5. The van der Waals surface area contributed by atoms with Gasteiger partial charge < -0.3 is 9.88 Å². The number of nitrogens with zero attached hydrogens (tertiary/aromatic N) is 2. The maximum atomic E-state index is 6.27. The molecule has 1 aromatic heterocycles. The Morgan fingerprint density at radius 3 is 2.75 bits per heavy atom. The maximum Gasteiger partial charge on any atom is 0.0946 e. The number of imidazole rings is 1. The second-order valence-corrected chi connectivity index (χ2v) is 5.72. The van der Waals surface area contributed by atoms with Gasteiger partial charge in [0.15, 0.2) is 0 Å². The van der Waals surface area contributed by atoms with Gasteiger partial charge >= 0.3 is 0 Å². The number of benzene rings is 1. The van der Waals surface area contributed by atoms with E-state index < -0.39 is 0 Å². The molecule has 0 saturated carbocycles. The van der Waals surface area contributed by atoms with Gasteiger partial charge in [0.1, 0.15) is 0 Å². The summed E-state index contributed by atoms with van der Waals surface area (Å²) >= 11 is 12.2. The summed E-state index contributed by atoms with van der Waals surface area (Å²) in [5.74, 6) is 0. The molecule has 0 bridgehead atoms. The summed E-state index contributed by atoms with van der Waals surface area (Å²) in [5.41, 5.74) is 2.25. The lowest BCUT2D eigenvalue weighted by molar-refractivity contribution is 0.504. The van der Waals surface area contributed by atoms with Crippen LogP contribution in [0.25, 0.3) is 0 Å². The maximum absolute atomic E-state index is 6.27. The molecule has 2 rings (SSSR count). The topological polar surface area (TPSA) is 29.9 Å². The molecule has 0 aliphatic rings. The summed E-state index contributed by atoms with van der Waals surface area (Å²) in [5, 5.41) is 4.93. The molecule has 3 nitrogen and oxygen atoms in total. The van der Waals surface area contributed by atoms with Crippen LogP contribution >= 0.6 is 23.2 Å². The Balaban J connectivity index is 2.21. The van der Waals surface area contributed by atoms with Gasteiger partial charge in [-0.05, 0) is 37.1 Å². The quantitative estimate of drug-likeness (QED) is 0.873. The molecule has 0 saturated heterocycles. The standard InChI is InChI=1S/C15H19Cl2N3/c1-3-6-19-14(15-9-18-10-20(15)2)7-11-4-5-12(16)8-13(11)17/h4-5,8-10,14,19H,3,6-7H2,1-2H3. The molecule has 1 N–H and O–H groups in total. The van der Waals surface area contributed by atoms with Gasteiger partial charge in [-0.15, -0.1) is 0 Å². The first kappa shape index (κ1) is 15.4. The zero-order valence-corrected chi connectivity index (χ0v) is 13.2. The number of aromatic nitrogens is 2. The summed E-state index contributed by atoms with van der Waals surface area (Å²) < 4.78 is 2.04. The largest absolute Gasteiger partial charge is 0.336 e. The van der Waals surface area contributed by atoms with Crippen molar-refractivity contribution in [1.82, 2.24) is 14.9 Å². The van der Waals surface area contributed by atoms with E-state index in [0.717, 1.165) is 30.6 Å². The molecule has 0 fully saturated rings. The third-order valence-electron chi connectivity index (χ3n) is 3.29. The molecule has 0 aliphatic heterocycles. The Morgan fingerprint density at radius 1 is 1.35 bits per heavy atom. The van der Waals surface area contributed by atoms with Crippen molar-refractivity contribution < 1.29 is 0 Å². The Hall–Kier alpha value is -1.03. The Kier molecular flexibility index (Phi) is 5.46. The minimum absolute atomic E-state index is 0.195. The fourth-order valence-corrected chi connectivity index (χ4v) is 2.70. The number of halogens is 2. The van der Waals surface area contributed by atoms with Gasteiger partial charge in [-0.3, -0.25) is 0 Å². The van der Waals surface area contributed by atoms with Crippen LogP contribution in [0.3, 0.4) is 0 Å². The first-order chi connectivity index (χ1) is 9.61. The molecule has 108 valence electrons. The van der Waals surface area contributed by atoms with Crippen molar-refractivity contribution >= 4 is 23.2 Å². The van der Waals surface area contributed by atoms with Crippen LogP contribution in [0.15, 0.2) is 30.7 Å². The number of rotatable bonds is 6. The van der Waals surface area contributed by atoms with E-state index in [-0.39, 0.29) is 6.04 Å². The smallest absolute Gasteiger partial charge is 0.0946 e. The molecule has 20 heavy (non-hydrogen) atoms. The van der Waals surface area contributed by atoms with Crippen LogP contribution in [-0.4, -0.2) is 16.1 Å². The zero-order valence-electron chi connectivity index (χ0n) is 11.7. The highest BCUT2D eigenvalue weighted by molar-refractivity contribution is 6.35. The predicted octanol–water partition coefficient (Wildman–Crippen LogP) is 4.01. The van der Waals surface area contributed by atoms with E-state index in [1.165, 1.54) is 0 Å². The van der Waals surface area contributed by atoms with Crippen LogP contribution in [0.1, 0.15) is 30.6 Å². The van der Waals surface area contributed by atoms with Gasteiger partial charge in [0.2, 0.25) is 0 Å². The molecule has 2 aromatic rings. The molecule has 1 aromatic carbocycles. The van der Waals surface area contributed by atoms with Crippen molar-refractivity contribution in [2.24, 2.45) is 7.05 Å². The normalized spacial score (nSPS) is 12.6. The lowest BCUT2D eigenvalue weighted by Gasteiger charge is -2.20. The first-order valence-corrected chi connectivity index (χ1v) is 7.51. The zero-order chi connectivity index (χ0) is 14.5. The lowest BCUT2D eigenvalue weighted by atomic mass is 10.0. The number of nitrogens with one attached hydrogen (secondary N) is 1. The Morgan fingerprint density at radius 2 is 2.15 bits per heavy atom. The molecule has 1 atom stereocenters. The van der Waals surface area contributed by atoms with Crippen molar-refractivity contribution in [3.63, 3.8) is 0 Å². The third kappa shape index (κ3) is 3.75. The van der Waals surface area contributed by atoms with Crippen molar-refractivity contribution in [3.05, 3.63) is 52.0 Å². The molecule has 1 unspecified atom stereocenters. The minimum Gasteiger partial charge on any atom is -0.336 e. The van der Waals surface area contributed by atoms with Gasteiger partial charge in [0, 0.05) is 23.3 Å². The molecule has 1 heterocycles. The van der Waals surface area contributed by atoms with E-state index in [1.54, 1.807) is 6.07 Å². The fraction of sp³-hybridized carbons (Fsp3) is 0.400. The average molecular weight is 312 g/mol. The van der Waals surface area contributed by atoms with Crippen molar-refractivity contribution in [1.29, 1.82) is 0 Å². The number of hydrogen-bond donors (Lipinski definition) is 1. The van der Waals surface area contributed by atoms with Gasteiger partial charge in [-0.2, -0.15) is 0 Å². The van der Waals surface area contributed by atoms with E-state index in [4.69, 9.17) is 23.2 Å². The summed E-state index contributed by atoms with van der Waals surface area (Å²) in [7, 11) is 2.01. The summed E-state index contributed by atoms with van der Waals surface area (Å²) in [6.45, 7) is 3.11. The van der Waals surface area contributed by atoms with E-state index in [9.17, 15) is 0 Å². The average Bonchev–Trinajstić information content (AvgIpc) is 2.83. The van der Waals surface area contributed by atoms with Crippen LogP contribution in [-0.2, 0) is 13.5 Å². The summed E-state index contributed by atoms with van der Waals surface area (Å²) in [6.07, 6.45) is 5.62. The van der Waals surface area contributed by atoms with Gasteiger partial charge in [-0.25, -0.2) is 4.98 Å². The van der Waals surface area contributed by atoms with E-state index in [2.05, 4.69) is 17.2 Å². The number of aryl methyl sites for hydroxylation is 1. The Labute approximate surface area is 129 Å². The predicted molar refractivity (Wildman–Crippen MR) is 84.4 cm³/mol. The SMILES string of the molecule is CCCNC(Cc1ccc(Cl)cc1Cl)c1cncn1C. The Bertz CT molecular complexity index is 566. The number of hydrogen-bond acceptors (Lipinski definition) is 2. The van der Waals surface area contributed by atoms with Gasteiger partial charge in [-0.1, -0.05) is 36.2 Å². The van der Waals surface area contributed by atoms with Crippen LogP contribution in [0, 0.1) is 0 Å². The molecule has 0 radical (unpaired) electrons. The lowest BCUT2D eigenvalue weighted by Crippen LogP contribution is -2.26. The molecular formula is C15H19Cl2N3. The molecule has 0 amide bonds. The fourth-order valence-electron chi connectivity index (χ4n) is 2.21. The highest BCUT2D eigenvalue weighted by Crippen LogP contribution is 2.26. The van der Waals surface area contributed by atoms with E-state index >= 15 is 0 Å². The van der Waals surface area contributed by atoms with Crippen LogP contribution < -0.4 is 5.32 Å². The summed E-state index contributed by atoms with van der Waals surface area (Å²) in [6, 6.07) is 5.85. The molecule has 0 aliphatic carbocycles. The second-order valence-electron chi connectivity index (χ2n) is 4.88. The van der Waals surface area contributed by atoms with E-state index in [1.807, 2.05) is 36.3 Å². The van der Waals surface area contributed by atoms with Crippen LogP contribution in [0.5, 0.6) is 0 Å². The van der Waals surface area contributed by atoms with Crippen LogP contribution in [0.4, 0.5) is 0 Å². The van der Waals surface area contributed by atoms with Gasteiger partial charge in [0.25, 0.3) is 0 Å². The van der Waals surface area contributed by atoms with Crippen molar-refractivity contribution in [2.45, 2.75) is 25.8 Å². The second kappa shape index (κ2) is 7.11. The first-order valence-electron chi connectivity index (χ1n) is 6.75. The van der Waals surface area contributed by atoms with Crippen molar-refractivity contribution in [2.75, 3.05) is 6.54 Å². The molecular weight excluding hydrogens is 293 g/mol. The monoisotopic (exact) mass is 311 g/mol. The van der Waals surface area contributed by atoms with Gasteiger partial charge in [0.05, 0.1) is 18.1 Å². The molecule has 5 heteroatoms. The van der Waals surface area contributed by atoms with Crippen molar-refractivity contribution in [3.8, 4) is 0 Å². The van der Waals surface area contributed by atoms with Crippen LogP contribution in [0.2, 0.25) is 10.0 Å². The minimum atomic E-state index is 0.195. The molecule has 0 spiro atoms. The van der Waals surface area contributed by atoms with E-state index in [0.29, 0.717) is 10.0 Å². The summed E-state index contributed by atoms with van der Waals surface area (Å²) in [4.78, 5) is 4.20. The highest BCUT2D eigenvalue weighted by Gasteiger charge is 2.16.